The van der Waals surface area contributed by atoms with Crippen LogP contribution in [0.3, 0.4) is 0 Å². The highest BCUT2D eigenvalue weighted by Gasteiger charge is 2.21. The van der Waals surface area contributed by atoms with Gasteiger partial charge in [0.1, 0.15) is 0 Å². The fourth-order valence-corrected chi connectivity index (χ4v) is 10.7. The average Bonchev–Trinajstić information content (AvgIpc) is 3.75. The Bertz CT molecular complexity index is 3590. The Morgan fingerprint density at radius 1 is 0.290 bits per heavy atom. The molecule has 0 radical (unpaired) electrons. The van der Waals surface area contributed by atoms with E-state index in [9.17, 15) is 0 Å². The Labute approximate surface area is 365 Å². The van der Waals surface area contributed by atoms with Crippen molar-refractivity contribution in [3.05, 3.63) is 237 Å². The zero-order valence-electron chi connectivity index (χ0n) is 33.9. The highest BCUT2D eigenvalue weighted by atomic mass is 32.1. The van der Waals surface area contributed by atoms with E-state index < -0.39 is 0 Å². The first-order valence-corrected chi connectivity index (χ1v) is 22.1. The SMILES string of the molecule is c1ccc(-c2cccc3cccc(-c4ccc(N(c5ccc(-c6ccc(-c7cccc8ccccc78)cc6)cc5)c5cc6ccccc6c6c5sc5ccccc56)cc4)c23)cc1. The van der Waals surface area contributed by atoms with E-state index in [2.05, 4.69) is 241 Å². The molecular weight excluding hydrogens is 767 g/mol. The van der Waals surface area contributed by atoms with Crippen molar-refractivity contribution in [3.63, 3.8) is 0 Å². The normalized spacial score (nSPS) is 11.5. The van der Waals surface area contributed by atoms with E-state index in [1.54, 1.807) is 0 Å². The number of rotatable bonds is 7. The Balaban J connectivity index is 0.990. The van der Waals surface area contributed by atoms with Gasteiger partial charge in [-0.1, -0.05) is 200 Å². The molecule has 0 amide bonds. The summed E-state index contributed by atoms with van der Waals surface area (Å²) in [7, 11) is 0. The number of nitrogens with zero attached hydrogens (tertiary/aromatic N) is 1. The number of benzene rings is 11. The van der Waals surface area contributed by atoms with E-state index in [4.69, 9.17) is 0 Å². The number of hydrogen-bond donors (Lipinski definition) is 0. The molecule has 0 aliphatic heterocycles. The Kier molecular flexibility index (Phi) is 8.76. The zero-order valence-corrected chi connectivity index (χ0v) is 34.7. The van der Waals surface area contributed by atoms with Gasteiger partial charge in [0, 0.05) is 26.8 Å². The predicted molar refractivity (Wildman–Crippen MR) is 268 cm³/mol. The van der Waals surface area contributed by atoms with Crippen molar-refractivity contribution in [2.75, 3.05) is 4.90 Å². The molecule has 11 aromatic carbocycles. The standard InChI is InChI=1S/C60H39NS/c1-2-13-43(14-3-1)52-24-11-18-46-19-12-25-53(58(46)52)45-33-37-49(38-34-45)61(56-39-47-16-5-7-21-54(47)59-55-22-8-9-26-57(55)62-60(56)59)48-35-31-41(32-36-48)40-27-29-44(30-28-40)51-23-10-17-42-15-4-6-20-50(42)51/h1-39H. The lowest BCUT2D eigenvalue weighted by molar-refractivity contribution is 1.30. The van der Waals surface area contributed by atoms with Crippen LogP contribution in [0.2, 0.25) is 0 Å². The lowest BCUT2D eigenvalue weighted by Gasteiger charge is -2.27. The highest BCUT2D eigenvalue weighted by Crippen LogP contribution is 2.48. The predicted octanol–water partition coefficient (Wildman–Crippen LogP) is 17.7. The van der Waals surface area contributed by atoms with Crippen molar-refractivity contribution in [2.24, 2.45) is 0 Å². The lowest BCUT2D eigenvalue weighted by atomic mass is 9.91. The summed E-state index contributed by atoms with van der Waals surface area (Å²) in [5.74, 6) is 0. The van der Waals surface area contributed by atoms with Gasteiger partial charge in [-0.05, 0) is 113 Å². The van der Waals surface area contributed by atoms with Crippen LogP contribution in [0.1, 0.15) is 0 Å². The number of anilines is 3. The van der Waals surface area contributed by atoms with E-state index in [1.165, 1.54) is 103 Å². The summed E-state index contributed by atoms with van der Waals surface area (Å²) in [5.41, 5.74) is 13.1. The Morgan fingerprint density at radius 2 is 0.758 bits per heavy atom. The molecule has 0 unspecified atom stereocenters. The first-order chi connectivity index (χ1) is 30.7. The second-order valence-electron chi connectivity index (χ2n) is 16.0. The molecule has 1 nitrogen and oxygen atoms in total. The molecule has 0 atom stereocenters. The van der Waals surface area contributed by atoms with Gasteiger partial charge < -0.3 is 4.90 Å². The van der Waals surface area contributed by atoms with Crippen molar-refractivity contribution >= 4 is 80.9 Å². The van der Waals surface area contributed by atoms with Crippen LogP contribution in [-0.4, -0.2) is 0 Å². The summed E-state index contributed by atoms with van der Waals surface area (Å²) >= 11 is 1.88. The van der Waals surface area contributed by atoms with E-state index in [0.717, 1.165) is 11.4 Å². The summed E-state index contributed by atoms with van der Waals surface area (Å²) < 4.78 is 2.58. The average molecular weight is 806 g/mol. The molecule has 12 aromatic rings. The summed E-state index contributed by atoms with van der Waals surface area (Å²) in [5, 5.41) is 10.2. The molecule has 0 spiro atoms. The van der Waals surface area contributed by atoms with Crippen LogP contribution in [0.5, 0.6) is 0 Å². The summed E-state index contributed by atoms with van der Waals surface area (Å²) in [4.78, 5) is 2.46. The number of thiophene rings is 1. The van der Waals surface area contributed by atoms with Gasteiger partial charge >= 0.3 is 0 Å². The van der Waals surface area contributed by atoms with Crippen LogP contribution in [0.15, 0.2) is 237 Å². The molecule has 0 N–H and O–H groups in total. The quantitative estimate of drug-likeness (QED) is 0.155. The largest absolute Gasteiger partial charge is 0.309 e. The molecule has 0 fully saturated rings. The second-order valence-corrected chi connectivity index (χ2v) is 17.1. The minimum absolute atomic E-state index is 1.11. The third-order valence-electron chi connectivity index (χ3n) is 12.5. The monoisotopic (exact) mass is 805 g/mol. The van der Waals surface area contributed by atoms with Crippen molar-refractivity contribution in [3.8, 4) is 44.5 Å². The first-order valence-electron chi connectivity index (χ1n) is 21.2. The molecule has 0 aliphatic rings. The summed E-state index contributed by atoms with van der Waals surface area (Å²) in [6.45, 7) is 0. The number of fused-ring (bicyclic) bond motifs is 7. The van der Waals surface area contributed by atoms with Gasteiger partial charge in [-0.25, -0.2) is 0 Å². The molecular formula is C60H39NS. The molecule has 0 saturated carbocycles. The van der Waals surface area contributed by atoms with Crippen molar-refractivity contribution in [2.45, 2.75) is 0 Å². The molecule has 0 bridgehead atoms. The van der Waals surface area contributed by atoms with Gasteiger partial charge in [-0.15, -0.1) is 11.3 Å². The van der Waals surface area contributed by atoms with Gasteiger partial charge in [0.05, 0.1) is 10.4 Å². The van der Waals surface area contributed by atoms with E-state index in [1.807, 2.05) is 11.3 Å². The zero-order chi connectivity index (χ0) is 41.0. The van der Waals surface area contributed by atoms with Crippen LogP contribution in [0.4, 0.5) is 17.1 Å². The Hall–Kier alpha value is -7.78. The molecule has 0 saturated heterocycles. The van der Waals surface area contributed by atoms with Crippen molar-refractivity contribution in [1.29, 1.82) is 0 Å². The van der Waals surface area contributed by atoms with Crippen LogP contribution < -0.4 is 4.90 Å². The summed E-state index contributed by atoms with van der Waals surface area (Å²) in [6.07, 6.45) is 0. The first kappa shape index (κ1) is 36.1. The van der Waals surface area contributed by atoms with E-state index >= 15 is 0 Å². The van der Waals surface area contributed by atoms with Crippen LogP contribution in [0, 0.1) is 0 Å². The molecule has 12 rings (SSSR count). The molecule has 0 aliphatic carbocycles. The highest BCUT2D eigenvalue weighted by molar-refractivity contribution is 7.26. The van der Waals surface area contributed by atoms with Crippen molar-refractivity contribution < 1.29 is 0 Å². The molecule has 290 valence electrons. The summed E-state index contributed by atoms with van der Waals surface area (Å²) in [6, 6.07) is 86.6. The molecule has 1 heterocycles. The molecule has 1 aromatic heterocycles. The smallest absolute Gasteiger partial charge is 0.0646 e. The van der Waals surface area contributed by atoms with Gasteiger partial charge in [-0.2, -0.15) is 0 Å². The van der Waals surface area contributed by atoms with E-state index in [-0.39, 0.29) is 0 Å². The maximum absolute atomic E-state index is 2.46. The minimum Gasteiger partial charge on any atom is -0.309 e. The maximum Gasteiger partial charge on any atom is 0.0646 e. The van der Waals surface area contributed by atoms with Crippen LogP contribution >= 0.6 is 11.3 Å². The van der Waals surface area contributed by atoms with Crippen molar-refractivity contribution in [1.82, 2.24) is 0 Å². The maximum atomic E-state index is 2.46. The van der Waals surface area contributed by atoms with Gasteiger partial charge in [-0.3, -0.25) is 0 Å². The fourth-order valence-electron chi connectivity index (χ4n) is 9.50. The van der Waals surface area contributed by atoms with E-state index in [0.29, 0.717) is 0 Å². The fraction of sp³-hybridized carbons (Fsp3) is 0. The third kappa shape index (κ3) is 6.15. The van der Waals surface area contributed by atoms with Gasteiger partial charge in [0.2, 0.25) is 0 Å². The number of hydrogen-bond acceptors (Lipinski definition) is 2. The minimum atomic E-state index is 1.11. The van der Waals surface area contributed by atoms with Gasteiger partial charge in [0.25, 0.3) is 0 Å². The van der Waals surface area contributed by atoms with Crippen LogP contribution in [-0.2, 0) is 0 Å². The lowest BCUT2D eigenvalue weighted by Crippen LogP contribution is -2.10. The van der Waals surface area contributed by atoms with Crippen LogP contribution in [0.25, 0.3) is 97.0 Å². The second kappa shape index (κ2) is 15.0. The molecule has 62 heavy (non-hydrogen) atoms. The Morgan fingerprint density at radius 3 is 1.45 bits per heavy atom. The third-order valence-corrected chi connectivity index (χ3v) is 13.7. The topological polar surface area (TPSA) is 3.24 Å². The van der Waals surface area contributed by atoms with Gasteiger partial charge in [0.15, 0.2) is 0 Å². The molecule has 2 heteroatoms.